The Balaban J connectivity index is 2.63. The van der Waals surface area contributed by atoms with E-state index in [-0.39, 0.29) is 12.6 Å². The van der Waals surface area contributed by atoms with Gasteiger partial charge in [0.1, 0.15) is 0 Å². The zero-order valence-electron chi connectivity index (χ0n) is 7.20. The molecule has 1 atom stereocenters. The molecule has 0 aromatic carbocycles. The van der Waals surface area contributed by atoms with Crippen LogP contribution in [0, 0.1) is 6.92 Å². The summed E-state index contributed by atoms with van der Waals surface area (Å²) in [6.45, 7) is 2.01. The van der Waals surface area contributed by atoms with Crippen molar-refractivity contribution < 1.29 is 5.11 Å². The van der Waals surface area contributed by atoms with E-state index in [4.69, 9.17) is 10.8 Å². The third-order valence-corrected chi connectivity index (χ3v) is 1.66. The highest BCUT2D eigenvalue weighted by molar-refractivity contribution is 5.17. The fourth-order valence-corrected chi connectivity index (χ4v) is 1.10. The Bertz CT molecular complexity index is 250. The molecule has 0 saturated heterocycles. The number of aliphatic hydroxyl groups excluding tert-OH is 1. The molecule has 3 heteroatoms. The molecule has 0 radical (unpaired) electrons. The lowest BCUT2D eigenvalue weighted by molar-refractivity contribution is 0.265. The Kier molecular flexibility index (Phi) is 3.19. The van der Waals surface area contributed by atoms with E-state index in [9.17, 15) is 0 Å². The molecule has 1 aromatic rings. The summed E-state index contributed by atoms with van der Waals surface area (Å²) < 4.78 is 0. The molecular weight excluding hydrogens is 152 g/mol. The summed E-state index contributed by atoms with van der Waals surface area (Å²) in [6.07, 6.45) is 4.27. The van der Waals surface area contributed by atoms with Crippen molar-refractivity contribution in [2.45, 2.75) is 19.4 Å². The van der Waals surface area contributed by atoms with Gasteiger partial charge in [0.2, 0.25) is 0 Å². The second-order valence-electron chi connectivity index (χ2n) is 3.02. The number of aromatic nitrogens is 1. The van der Waals surface area contributed by atoms with Crippen LogP contribution >= 0.6 is 0 Å². The fourth-order valence-electron chi connectivity index (χ4n) is 1.10. The molecular formula is C9H14N2O. The Morgan fingerprint density at radius 1 is 1.58 bits per heavy atom. The zero-order valence-corrected chi connectivity index (χ0v) is 7.20. The van der Waals surface area contributed by atoms with E-state index >= 15 is 0 Å². The largest absolute Gasteiger partial charge is 0.395 e. The fraction of sp³-hybridized carbons (Fsp3) is 0.444. The Labute approximate surface area is 72.2 Å². The molecule has 0 aliphatic heterocycles. The van der Waals surface area contributed by atoms with Gasteiger partial charge in [0.05, 0.1) is 6.61 Å². The van der Waals surface area contributed by atoms with Gasteiger partial charge in [-0.05, 0) is 24.5 Å². The highest BCUT2D eigenvalue weighted by Gasteiger charge is 2.01. The maximum atomic E-state index is 8.72. The third-order valence-electron chi connectivity index (χ3n) is 1.66. The quantitative estimate of drug-likeness (QED) is 0.676. The Morgan fingerprint density at radius 3 is 2.92 bits per heavy atom. The van der Waals surface area contributed by atoms with E-state index in [0.717, 1.165) is 11.1 Å². The molecule has 12 heavy (non-hydrogen) atoms. The summed E-state index contributed by atoms with van der Waals surface area (Å²) in [4.78, 5) is 4.03. The van der Waals surface area contributed by atoms with Crippen molar-refractivity contribution >= 4 is 0 Å². The second-order valence-corrected chi connectivity index (χ2v) is 3.02. The maximum absolute atomic E-state index is 8.72. The number of hydrogen-bond acceptors (Lipinski definition) is 3. The summed E-state index contributed by atoms with van der Waals surface area (Å²) in [5, 5.41) is 8.72. The Morgan fingerprint density at radius 2 is 2.33 bits per heavy atom. The van der Waals surface area contributed by atoms with Crippen LogP contribution in [-0.2, 0) is 6.42 Å². The van der Waals surface area contributed by atoms with Crippen molar-refractivity contribution in [3.8, 4) is 0 Å². The lowest BCUT2D eigenvalue weighted by atomic mass is 10.1. The first-order valence-corrected chi connectivity index (χ1v) is 3.99. The molecule has 1 unspecified atom stereocenters. The summed E-state index contributed by atoms with van der Waals surface area (Å²) in [5.41, 5.74) is 7.78. The van der Waals surface area contributed by atoms with Crippen LogP contribution in [0.1, 0.15) is 11.1 Å². The molecule has 0 aliphatic rings. The van der Waals surface area contributed by atoms with Gasteiger partial charge in [-0.1, -0.05) is 6.07 Å². The molecule has 0 fully saturated rings. The van der Waals surface area contributed by atoms with Gasteiger partial charge in [0.25, 0.3) is 0 Å². The number of nitrogens with zero attached hydrogens (tertiary/aromatic N) is 1. The van der Waals surface area contributed by atoms with Crippen molar-refractivity contribution in [2.24, 2.45) is 5.73 Å². The van der Waals surface area contributed by atoms with E-state index in [0.29, 0.717) is 6.42 Å². The van der Waals surface area contributed by atoms with Crippen LogP contribution in [0.15, 0.2) is 18.5 Å². The highest BCUT2D eigenvalue weighted by atomic mass is 16.3. The summed E-state index contributed by atoms with van der Waals surface area (Å²) in [7, 11) is 0. The summed E-state index contributed by atoms with van der Waals surface area (Å²) in [6, 6.07) is 1.86. The average Bonchev–Trinajstić information content (AvgIpc) is 2.04. The normalized spacial score (nSPS) is 12.9. The van der Waals surface area contributed by atoms with Crippen molar-refractivity contribution in [3.05, 3.63) is 29.6 Å². The van der Waals surface area contributed by atoms with Crippen molar-refractivity contribution in [2.75, 3.05) is 6.61 Å². The minimum Gasteiger partial charge on any atom is -0.395 e. The van der Waals surface area contributed by atoms with E-state index in [1.807, 2.05) is 13.0 Å². The predicted octanol–water partition coefficient (Wildman–Crippen LogP) is 0.252. The first-order valence-electron chi connectivity index (χ1n) is 3.99. The van der Waals surface area contributed by atoms with Crippen molar-refractivity contribution in [1.29, 1.82) is 0 Å². The van der Waals surface area contributed by atoms with Gasteiger partial charge in [-0.3, -0.25) is 4.98 Å². The van der Waals surface area contributed by atoms with Crippen LogP contribution < -0.4 is 5.73 Å². The molecule has 0 amide bonds. The van der Waals surface area contributed by atoms with E-state index < -0.39 is 0 Å². The van der Waals surface area contributed by atoms with Crippen LogP contribution in [0.25, 0.3) is 0 Å². The van der Waals surface area contributed by atoms with Crippen LogP contribution in [-0.4, -0.2) is 22.7 Å². The minimum atomic E-state index is -0.173. The highest BCUT2D eigenvalue weighted by Crippen LogP contribution is 2.03. The topological polar surface area (TPSA) is 59.1 Å². The van der Waals surface area contributed by atoms with Gasteiger partial charge in [0.15, 0.2) is 0 Å². The standard InChI is InChI=1S/C9H14N2O/c1-7-2-8(5-11-4-7)3-9(10)6-12/h2,4-5,9,12H,3,6,10H2,1H3. The monoisotopic (exact) mass is 166 g/mol. The minimum absolute atomic E-state index is 0.0218. The van der Waals surface area contributed by atoms with Gasteiger partial charge in [-0.25, -0.2) is 0 Å². The molecule has 0 aliphatic carbocycles. The van der Waals surface area contributed by atoms with Crippen molar-refractivity contribution in [1.82, 2.24) is 4.98 Å². The summed E-state index contributed by atoms with van der Waals surface area (Å²) in [5.74, 6) is 0. The van der Waals surface area contributed by atoms with Gasteiger partial charge in [-0.15, -0.1) is 0 Å². The smallest absolute Gasteiger partial charge is 0.0585 e. The molecule has 0 bridgehead atoms. The van der Waals surface area contributed by atoms with E-state index in [2.05, 4.69) is 4.98 Å². The first-order chi connectivity index (χ1) is 5.72. The van der Waals surface area contributed by atoms with Crippen LogP contribution in [0.4, 0.5) is 0 Å². The van der Waals surface area contributed by atoms with Crippen LogP contribution in [0.2, 0.25) is 0 Å². The van der Waals surface area contributed by atoms with Crippen LogP contribution in [0.3, 0.4) is 0 Å². The lowest BCUT2D eigenvalue weighted by Gasteiger charge is -2.07. The van der Waals surface area contributed by atoms with Crippen molar-refractivity contribution in [3.63, 3.8) is 0 Å². The van der Waals surface area contributed by atoms with E-state index in [1.165, 1.54) is 0 Å². The van der Waals surface area contributed by atoms with E-state index in [1.54, 1.807) is 12.4 Å². The first kappa shape index (κ1) is 9.16. The number of nitrogens with two attached hydrogens (primary N) is 1. The number of rotatable bonds is 3. The molecule has 66 valence electrons. The molecule has 3 nitrogen and oxygen atoms in total. The summed E-state index contributed by atoms with van der Waals surface area (Å²) >= 11 is 0. The van der Waals surface area contributed by atoms with Crippen LogP contribution in [0.5, 0.6) is 0 Å². The molecule has 0 spiro atoms. The molecule has 3 N–H and O–H groups in total. The van der Waals surface area contributed by atoms with Gasteiger partial charge in [-0.2, -0.15) is 0 Å². The molecule has 1 rings (SSSR count). The van der Waals surface area contributed by atoms with Gasteiger partial charge < -0.3 is 10.8 Å². The molecule has 0 saturated carbocycles. The Hall–Kier alpha value is -0.930. The second kappa shape index (κ2) is 4.18. The SMILES string of the molecule is Cc1cncc(CC(N)CO)c1. The number of aliphatic hydroxyl groups is 1. The van der Waals surface area contributed by atoms with Gasteiger partial charge in [0, 0.05) is 18.4 Å². The number of hydrogen-bond donors (Lipinski definition) is 2. The predicted molar refractivity (Wildman–Crippen MR) is 47.7 cm³/mol. The number of aryl methyl sites for hydroxylation is 1. The number of pyridine rings is 1. The molecule has 1 heterocycles. The average molecular weight is 166 g/mol. The van der Waals surface area contributed by atoms with Gasteiger partial charge >= 0.3 is 0 Å². The third kappa shape index (κ3) is 2.60. The zero-order chi connectivity index (χ0) is 8.97. The molecule has 1 aromatic heterocycles. The lowest BCUT2D eigenvalue weighted by Crippen LogP contribution is -2.26. The maximum Gasteiger partial charge on any atom is 0.0585 e.